The van der Waals surface area contributed by atoms with Gasteiger partial charge in [0.15, 0.2) is 0 Å². The van der Waals surface area contributed by atoms with Crippen molar-refractivity contribution in [2.45, 2.75) is 32.9 Å². The van der Waals surface area contributed by atoms with Crippen molar-refractivity contribution in [3.63, 3.8) is 0 Å². The summed E-state index contributed by atoms with van der Waals surface area (Å²) in [6.45, 7) is 5.67. The van der Waals surface area contributed by atoms with Gasteiger partial charge < -0.3 is 5.11 Å². The third kappa shape index (κ3) is 4.78. The zero-order chi connectivity index (χ0) is 14.4. The Hall–Kier alpha value is -1.17. The Kier molecular flexibility index (Phi) is 6.21. The van der Waals surface area contributed by atoms with Crippen molar-refractivity contribution >= 4 is 17.3 Å². The molecule has 0 atom stereocenters. The molecule has 0 unspecified atom stereocenters. The van der Waals surface area contributed by atoms with Crippen LogP contribution in [-0.2, 0) is 6.54 Å². The van der Waals surface area contributed by atoms with Crippen LogP contribution in [0.15, 0.2) is 18.2 Å². The van der Waals surface area contributed by atoms with Crippen LogP contribution in [0.25, 0.3) is 0 Å². The zero-order valence-corrected chi connectivity index (χ0v) is 11.9. The maximum absolute atomic E-state index is 10.6. The first-order valence-electron chi connectivity index (χ1n) is 6.23. The second kappa shape index (κ2) is 7.43. The average Bonchev–Trinajstić information content (AvgIpc) is 2.35. The summed E-state index contributed by atoms with van der Waals surface area (Å²) >= 11 is 6.08. The fraction of sp³-hybridized carbons (Fsp3) is 0.538. The number of non-ortho nitro benzene ring substituents is 1. The van der Waals surface area contributed by atoms with Crippen molar-refractivity contribution in [1.29, 1.82) is 0 Å². The van der Waals surface area contributed by atoms with Gasteiger partial charge in [-0.05, 0) is 31.9 Å². The molecule has 106 valence electrons. The Balaban J connectivity index is 2.81. The molecule has 0 fully saturated rings. The Labute approximate surface area is 117 Å². The van der Waals surface area contributed by atoms with Crippen molar-refractivity contribution < 1.29 is 10.0 Å². The van der Waals surface area contributed by atoms with Crippen LogP contribution in [0.2, 0.25) is 5.02 Å². The molecule has 0 heterocycles. The normalized spacial score (nSPS) is 11.3. The van der Waals surface area contributed by atoms with Gasteiger partial charge in [-0.1, -0.05) is 11.6 Å². The van der Waals surface area contributed by atoms with Crippen molar-refractivity contribution in [3.8, 4) is 0 Å². The highest BCUT2D eigenvalue weighted by Crippen LogP contribution is 2.24. The SMILES string of the molecule is CC(C)N(CCCO)Cc1ccc([N+](=O)[O-])cc1Cl. The van der Waals surface area contributed by atoms with Gasteiger partial charge in [0.25, 0.3) is 5.69 Å². The van der Waals surface area contributed by atoms with Crippen molar-refractivity contribution in [2.75, 3.05) is 13.2 Å². The molecule has 1 N–H and O–H groups in total. The van der Waals surface area contributed by atoms with E-state index in [0.717, 1.165) is 12.1 Å². The van der Waals surface area contributed by atoms with E-state index in [4.69, 9.17) is 16.7 Å². The number of aliphatic hydroxyl groups excluding tert-OH is 1. The largest absolute Gasteiger partial charge is 0.396 e. The van der Waals surface area contributed by atoms with Crippen LogP contribution in [0, 0.1) is 10.1 Å². The molecule has 19 heavy (non-hydrogen) atoms. The summed E-state index contributed by atoms with van der Waals surface area (Å²) < 4.78 is 0. The topological polar surface area (TPSA) is 66.6 Å². The van der Waals surface area contributed by atoms with Gasteiger partial charge in [0.05, 0.1) is 9.95 Å². The number of halogens is 1. The third-order valence-corrected chi connectivity index (χ3v) is 3.31. The van der Waals surface area contributed by atoms with Crippen LogP contribution in [0.5, 0.6) is 0 Å². The third-order valence-electron chi connectivity index (χ3n) is 2.95. The molecular formula is C13H19ClN2O3. The Bertz CT molecular complexity index is 438. The highest BCUT2D eigenvalue weighted by molar-refractivity contribution is 6.31. The minimum Gasteiger partial charge on any atom is -0.396 e. The number of aliphatic hydroxyl groups is 1. The second-order valence-electron chi connectivity index (χ2n) is 4.67. The van der Waals surface area contributed by atoms with Crippen LogP contribution in [0.4, 0.5) is 5.69 Å². The number of nitrogens with zero attached hydrogens (tertiary/aromatic N) is 2. The molecule has 5 nitrogen and oxygen atoms in total. The van der Waals surface area contributed by atoms with Gasteiger partial charge >= 0.3 is 0 Å². The summed E-state index contributed by atoms with van der Waals surface area (Å²) in [5.74, 6) is 0. The molecule has 0 amide bonds. The summed E-state index contributed by atoms with van der Waals surface area (Å²) in [6, 6.07) is 4.85. The predicted molar refractivity (Wildman–Crippen MR) is 75.4 cm³/mol. The van der Waals surface area contributed by atoms with Gasteiger partial charge in [-0.3, -0.25) is 15.0 Å². The number of benzene rings is 1. The van der Waals surface area contributed by atoms with Crippen molar-refractivity contribution in [2.24, 2.45) is 0 Å². The summed E-state index contributed by atoms with van der Waals surface area (Å²) in [4.78, 5) is 12.4. The molecule has 6 heteroatoms. The summed E-state index contributed by atoms with van der Waals surface area (Å²) in [7, 11) is 0. The fourth-order valence-electron chi connectivity index (χ4n) is 1.79. The van der Waals surface area contributed by atoms with E-state index >= 15 is 0 Å². The van der Waals surface area contributed by atoms with Crippen molar-refractivity contribution in [1.82, 2.24) is 4.90 Å². The van der Waals surface area contributed by atoms with Crippen LogP contribution < -0.4 is 0 Å². The molecular weight excluding hydrogens is 268 g/mol. The Morgan fingerprint density at radius 1 is 1.47 bits per heavy atom. The maximum atomic E-state index is 10.6. The van der Waals surface area contributed by atoms with Gasteiger partial charge in [-0.15, -0.1) is 0 Å². The van der Waals surface area contributed by atoms with Gasteiger partial charge in [0.1, 0.15) is 0 Å². The lowest BCUT2D eigenvalue weighted by molar-refractivity contribution is -0.384. The van der Waals surface area contributed by atoms with Crippen LogP contribution in [0.3, 0.4) is 0 Å². The first-order chi connectivity index (χ1) is 8.95. The molecule has 0 spiro atoms. The molecule has 0 aliphatic carbocycles. The summed E-state index contributed by atoms with van der Waals surface area (Å²) in [5.41, 5.74) is 0.860. The first-order valence-corrected chi connectivity index (χ1v) is 6.61. The van der Waals surface area contributed by atoms with Gasteiger partial charge in [-0.2, -0.15) is 0 Å². The quantitative estimate of drug-likeness (QED) is 0.618. The van der Waals surface area contributed by atoms with Crippen LogP contribution in [0.1, 0.15) is 25.8 Å². The van der Waals surface area contributed by atoms with E-state index in [2.05, 4.69) is 18.7 Å². The molecule has 0 aliphatic rings. The lowest BCUT2D eigenvalue weighted by atomic mass is 10.1. The fourth-order valence-corrected chi connectivity index (χ4v) is 2.02. The number of nitro groups is 1. The molecule has 0 saturated heterocycles. The van der Waals surface area contributed by atoms with E-state index in [-0.39, 0.29) is 12.3 Å². The Morgan fingerprint density at radius 3 is 2.63 bits per heavy atom. The van der Waals surface area contributed by atoms with Crippen LogP contribution in [-0.4, -0.2) is 34.1 Å². The molecule has 1 aromatic carbocycles. The Morgan fingerprint density at radius 2 is 2.16 bits per heavy atom. The first kappa shape index (κ1) is 15.9. The standard InChI is InChI=1S/C13H19ClN2O3/c1-10(2)15(6-3-7-17)9-11-4-5-12(16(18)19)8-13(11)14/h4-5,8,10,17H,3,6-7,9H2,1-2H3. The highest BCUT2D eigenvalue weighted by Gasteiger charge is 2.14. The highest BCUT2D eigenvalue weighted by atomic mass is 35.5. The zero-order valence-electron chi connectivity index (χ0n) is 11.2. The van der Waals surface area contributed by atoms with E-state index in [1.807, 2.05) is 0 Å². The number of hydrogen-bond donors (Lipinski definition) is 1. The number of nitro benzene ring substituents is 1. The molecule has 0 saturated carbocycles. The lowest BCUT2D eigenvalue weighted by Crippen LogP contribution is -2.31. The van der Waals surface area contributed by atoms with E-state index in [1.54, 1.807) is 6.07 Å². The number of rotatable bonds is 7. The van der Waals surface area contributed by atoms with Gasteiger partial charge in [0, 0.05) is 37.9 Å². The lowest BCUT2D eigenvalue weighted by Gasteiger charge is -2.26. The maximum Gasteiger partial charge on any atom is 0.270 e. The molecule has 0 radical (unpaired) electrons. The second-order valence-corrected chi connectivity index (χ2v) is 5.08. The van der Waals surface area contributed by atoms with Gasteiger partial charge in [-0.25, -0.2) is 0 Å². The summed E-state index contributed by atoms with van der Waals surface area (Å²) in [6.07, 6.45) is 0.697. The van der Waals surface area contributed by atoms with E-state index < -0.39 is 4.92 Å². The van der Waals surface area contributed by atoms with Crippen molar-refractivity contribution in [3.05, 3.63) is 38.9 Å². The summed E-state index contributed by atoms with van der Waals surface area (Å²) in [5, 5.41) is 19.9. The minimum absolute atomic E-state index is 0.000190. The number of hydrogen-bond acceptors (Lipinski definition) is 4. The van der Waals surface area contributed by atoms with E-state index in [0.29, 0.717) is 24.0 Å². The monoisotopic (exact) mass is 286 g/mol. The molecule has 1 rings (SSSR count). The molecule has 1 aromatic rings. The van der Waals surface area contributed by atoms with E-state index in [9.17, 15) is 10.1 Å². The molecule has 0 bridgehead atoms. The van der Waals surface area contributed by atoms with E-state index in [1.165, 1.54) is 12.1 Å². The van der Waals surface area contributed by atoms with Crippen LogP contribution >= 0.6 is 11.6 Å². The predicted octanol–water partition coefficient (Wildman–Crippen LogP) is 2.84. The van der Waals surface area contributed by atoms with Gasteiger partial charge in [0.2, 0.25) is 0 Å². The minimum atomic E-state index is -0.457. The molecule has 0 aliphatic heterocycles. The average molecular weight is 287 g/mol. The molecule has 0 aromatic heterocycles. The smallest absolute Gasteiger partial charge is 0.270 e.